The molecule has 2 aromatic carbocycles. The molecule has 0 radical (unpaired) electrons. The van der Waals surface area contributed by atoms with Crippen LogP contribution in [0.25, 0.3) is 0 Å². The van der Waals surface area contributed by atoms with Gasteiger partial charge in [-0.15, -0.1) is 0 Å². The second-order valence-electron chi connectivity index (χ2n) is 9.24. The second kappa shape index (κ2) is 10.1. The fourth-order valence-electron chi connectivity index (χ4n) is 4.04. The Kier molecular flexibility index (Phi) is 7.44. The van der Waals surface area contributed by atoms with Crippen molar-refractivity contribution in [2.75, 3.05) is 25.0 Å². The topological polar surface area (TPSA) is 61.4 Å². The number of carbonyl (C=O) groups is 2. The minimum absolute atomic E-state index is 0.0144. The summed E-state index contributed by atoms with van der Waals surface area (Å²) >= 11 is 0. The maximum Gasteiger partial charge on any atom is 0.236 e. The highest BCUT2D eigenvalue weighted by Gasteiger charge is 2.30. The van der Waals surface area contributed by atoms with Gasteiger partial charge in [0.25, 0.3) is 0 Å². The molecule has 1 unspecified atom stereocenters. The largest absolute Gasteiger partial charge is 0.342 e. The van der Waals surface area contributed by atoms with Crippen LogP contribution in [-0.2, 0) is 9.59 Å². The molecule has 1 atom stereocenters. The Morgan fingerprint density at radius 2 is 1.65 bits per heavy atom. The number of likely N-dealkylation sites (tertiary alicyclic amines) is 1. The number of hydrogen-bond acceptors (Lipinski definition) is 3. The molecular formula is C25H32FN3O2. The van der Waals surface area contributed by atoms with Crippen molar-refractivity contribution in [1.82, 2.24) is 10.2 Å². The number of hydrogen-bond donors (Lipinski definition) is 2. The predicted octanol–water partition coefficient (Wildman–Crippen LogP) is 4.38. The van der Waals surface area contributed by atoms with Gasteiger partial charge in [0, 0.05) is 30.7 Å². The summed E-state index contributed by atoms with van der Waals surface area (Å²) in [4.78, 5) is 27.1. The molecule has 1 fully saturated rings. The van der Waals surface area contributed by atoms with Crippen LogP contribution in [0.2, 0.25) is 0 Å². The first-order valence-electron chi connectivity index (χ1n) is 10.9. The zero-order chi connectivity index (χ0) is 22.4. The van der Waals surface area contributed by atoms with Gasteiger partial charge in [-0.05, 0) is 48.1 Å². The zero-order valence-corrected chi connectivity index (χ0v) is 18.5. The van der Waals surface area contributed by atoms with Gasteiger partial charge in [-0.1, -0.05) is 51.1 Å². The first-order valence-corrected chi connectivity index (χ1v) is 10.9. The number of rotatable bonds is 6. The van der Waals surface area contributed by atoms with E-state index in [4.69, 9.17) is 0 Å². The molecular weight excluding hydrogens is 393 g/mol. The Morgan fingerprint density at radius 3 is 2.23 bits per heavy atom. The van der Waals surface area contributed by atoms with Crippen LogP contribution in [0.15, 0.2) is 54.6 Å². The average molecular weight is 426 g/mol. The van der Waals surface area contributed by atoms with Crippen LogP contribution in [0.3, 0.4) is 0 Å². The van der Waals surface area contributed by atoms with E-state index in [9.17, 15) is 14.0 Å². The molecule has 2 aromatic rings. The van der Waals surface area contributed by atoms with E-state index in [0.717, 1.165) is 11.3 Å². The number of amides is 2. The monoisotopic (exact) mass is 425 g/mol. The number of nitrogens with zero attached hydrogens (tertiary/aromatic N) is 1. The minimum Gasteiger partial charge on any atom is -0.342 e. The molecule has 0 bridgehead atoms. The summed E-state index contributed by atoms with van der Waals surface area (Å²) in [6.07, 6.45) is 1.32. The van der Waals surface area contributed by atoms with Gasteiger partial charge in [-0.3, -0.25) is 9.59 Å². The molecule has 0 aromatic heterocycles. The van der Waals surface area contributed by atoms with Crippen molar-refractivity contribution < 1.29 is 14.0 Å². The fourth-order valence-corrected chi connectivity index (χ4v) is 4.04. The molecule has 1 saturated heterocycles. The smallest absolute Gasteiger partial charge is 0.236 e. The number of carbonyl (C=O) groups excluding carboxylic acids is 2. The second-order valence-corrected chi connectivity index (χ2v) is 9.24. The first kappa shape index (κ1) is 22.9. The maximum atomic E-state index is 13.3. The third-order valence-corrected chi connectivity index (χ3v) is 5.79. The molecule has 0 spiro atoms. The third-order valence-electron chi connectivity index (χ3n) is 5.79. The van der Waals surface area contributed by atoms with E-state index in [-0.39, 0.29) is 41.6 Å². The van der Waals surface area contributed by atoms with E-state index >= 15 is 0 Å². The van der Waals surface area contributed by atoms with Gasteiger partial charge in [0.15, 0.2) is 0 Å². The quantitative estimate of drug-likeness (QED) is 0.722. The molecule has 166 valence electrons. The predicted molar refractivity (Wildman–Crippen MR) is 121 cm³/mol. The van der Waals surface area contributed by atoms with Crippen LogP contribution >= 0.6 is 0 Å². The van der Waals surface area contributed by atoms with Crippen molar-refractivity contribution in [2.24, 2.45) is 11.3 Å². The van der Waals surface area contributed by atoms with Crippen LogP contribution in [-0.4, -0.2) is 36.3 Å². The fraction of sp³-hybridized carbons (Fsp3) is 0.440. The molecule has 1 aliphatic rings. The lowest BCUT2D eigenvalue weighted by molar-refractivity contribution is -0.133. The maximum absolute atomic E-state index is 13.3. The minimum atomic E-state index is -0.272. The van der Waals surface area contributed by atoms with Crippen LogP contribution in [0.4, 0.5) is 10.1 Å². The number of piperidine rings is 1. The van der Waals surface area contributed by atoms with Crippen molar-refractivity contribution >= 4 is 17.5 Å². The Labute approximate surface area is 184 Å². The number of benzene rings is 2. The summed E-state index contributed by atoms with van der Waals surface area (Å²) in [5.74, 6) is -0.316. The van der Waals surface area contributed by atoms with Crippen molar-refractivity contribution in [3.8, 4) is 0 Å². The number of nitrogens with one attached hydrogen (secondary N) is 2. The molecule has 1 heterocycles. The number of para-hydroxylation sites is 1. The molecule has 0 aliphatic carbocycles. The van der Waals surface area contributed by atoms with Crippen molar-refractivity contribution in [3.63, 3.8) is 0 Å². The first-order chi connectivity index (χ1) is 14.7. The Morgan fingerprint density at radius 1 is 1.03 bits per heavy atom. The highest BCUT2D eigenvalue weighted by molar-refractivity contribution is 5.92. The lowest BCUT2D eigenvalue weighted by Crippen LogP contribution is -2.46. The van der Waals surface area contributed by atoms with Gasteiger partial charge < -0.3 is 15.5 Å². The van der Waals surface area contributed by atoms with Crippen molar-refractivity contribution in [1.29, 1.82) is 0 Å². The molecule has 5 nitrogen and oxygen atoms in total. The molecule has 2 N–H and O–H groups in total. The van der Waals surface area contributed by atoms with Crippen molar-refractivity contribution in [3.05, 3.63) is 66.0 Å². The molecule has 2 amide bonds. The van der Waals surface area contributed by atoms with E-state index in [0.29, 0.717) is 25.9 Å². The SMILES string of the molecule is CC(C)(C)C(NCC(=O)N1CCC(C(=O)Nc2ccccc2)CC1)c1ccc(F)cc1. The van der Waals surface area contributed by atoms with E-state index < -0.39 is 0 Å². The molecule has 6 heteroatoms. The van der Waals surface area contributed by atoms with Gasteiger partial charge >= 0.3 is 0 Å². The van der Waals surface area contributed by atoms with E-state index in [1.807, 2.05) is 35.2 Å². The summed E-state index contributed by atoms with van der Waals surface area (Å²) in [6.45, 7) is 7.63. The van der Waals surface area contributed by atoms with Crippen LogP contribution in [0.1, 0.15) is 45.2 Å². The van der Waals surface area contributed by atoms with E-state index in [1.54, 1.807) is 12.1 Å². The summed E-state index contributed by atoms with van der Waals surface area (Å²) in [5.41, 5.74) is 1.61. The Hall–Kier alpha value is -2.73. The third kappa shape index (κ3) is 6.37. The van der Waals surface area contributed by atoms with Gasteiger partial charge in [0.05, 0.1) is 6.54 Å². The van der Waals surface area contributed by atoms with Gasteiger partial charge in [0.1, 0.15) is 5.82 Å². The van der Waals surface area contributed by atoms with Crippen molar-refractivity contribution in [2.45, 2.75) is 39.7 Å². The average Bonchev–Trinajstić information content (AvgIpc) is 2.75. The van der Waals surface area contributed by atoms with E-state index in [1.165, 1.54) is 12.1 Å². The summed E-state index contributed by atoms with van der Waals surface area (Å²) in [6, 6.07) is 15.8. The van der Waals surface area contributed by atoms with Crippen LogP contribution < -0.4 is 10.6 Å². The van der Waals surface area contributed by atoms with Gasteiger partial charge in [-0.2, -0.15) is 0 Å². The summed E-state index contributed by atoms with van der Waals surface area (Å²) < 4.78 is 13.3. The molecule has 3 rings (SSSR count). The van der Waals surface area contributed by atoms with Gasteiger partial charge in [0.2, 0.25) is 11.8 Å². The Balaban J connectivity index is 1.50. The molecule has 0 saturated carbocycles. The number of anilines is 1. The molecule has 31 heavy (non-hydrogen) atoms. The lowest BCUT2D eigenvalue weighted by Gasteiger charge is -2.34. The normalized spacial score (nSPS) is 16.1. The Bertz CT molecular complexity index is 870. The highest BCUT2D eigenvalue weighted by atomic mass is 19.1. The van der Waals surface area contributed by atoms with Crippen LogP contribution in [0, 0.1) is 17.2 Å². The number of halogens is 1. The van der Waals surface area contributed by atoms with E-state index in [2.05, 4.69) is 31.4 Å². The zero-order valence-electron chi connectivity index (χ0n) is 18.5. The summed E-state index contributed by atoms with van der Waals surface area (Å²) in [7, 11) is 0. The van der Waals surface area contributed by atoms with Gasteiger partial charge in [-0.25, -0.2) is 4.39 Å². The lowest BCUT2D eigenvalue weighted by atomic mass is 9.82. The standard InChI is InChI=1S/C25H32FN3O2/c1-25(2,3)23(18-9-11-20(26)12-10-18)27-17-22(30)29-15-13-19(14-16-29)24(31)28-21-7-5-4-6-8-21/h4-12,19,23,27H,13-17H2,1-3H3,(H,28,31). The highest BCUT2D eigenvalue weighted by Crippen LogP contribution is 2.32. The summed E-state index contributed by atoms with van der Waals surface area (Å²) in [5, 5.41) is 6.32. The van der Waals surface area contributed by atoms with Crippen LogP contribution in [0.5, 0.6) is 0 Å². The molecule has 1 aliphatic heterocycles.